The van der Waals surface area contributed by atoms with Gasteiger partial charge in [-0.15, -0.1) is 0 Å². The van der Waals surface area contributed by atoms with Crippen LogP contribution in [0.2, 0.25) is 0 Å². The molecule has 1 atom stereocenters. The first kappa shape index (κ1) is 11.7. The molecule has 1 saturated carbocycles. The third kappa shape index (κ3) is 3.35. The van der Waals surface area contributed by atoms with Crippen molar-refractivity contribution in [3.63, 3.8) is 0 Å². The van der Waals surface area contributed by atoms with Crippen LogP contribution in [-0.4, -0.2) is 12.1 Å². The Labute approximate surface area is 97.2 Å². The Bertz CT molecular complexity index is 317. The van der Waals surface area contributed by atoms with E-state index < -0.39 is 0 Å². The number of rotatable bonds is 7. The van der Waals surface area contributed by atoms with E-state index in [0.29, 0.717) is 18.8 Å². The van der Waals surface area contributed by atoms with E-state index in [0.717, 1.165) is 18.7 Å². The van der Waals surface area contributed by atoms with Crippen LogP contribution in [0.15, 0.2) is 16.7 Å². The fourth-order valence-electron chi connectivity index (χ4n) is 1.53. The molecule has 1 aliphatic carbocycles. The fourth-order valence-corrected chi connectivity index (χ4v) is 1.53. The topological polar surface area (TPSA) is 34.4 Å². The summed E-state index contributed by atoms with van der Waals surface area (Å²) in [6, 6.07) is 2.72. The van der Waals surface area contributed by atoms with Gasteiger partial charge in [0.15, 0.2) is 0 Å². The minimum Gasteiger partial charge on any atom is -0.468 e. The highest BCUT2D eigenvalue weighted by atomic mass is 16.5. The van der Waals surface area contributed by atoms with E-state index in [9.17, 15) is 0 Å². The van der Waals surface area contributed by atoms with E-state index in [1.807, 2.05) is 6.07 Å². The number of hydrogen-bond donors (Lipinski definition) is 1. The SMILES string of the molecule is CCC(C)OCc1ccoc1CNC1CC1. The lowest BCUT2D eigenvalue weighted by Gasteiger charge is -2.10. The van der Waals surface area contributed by atoms with Crippen LogP contribution >= 0.6 is 0 Å². The summed E-state index contributed by atoms with van der Waals surface area (Å²) in [5, 5.41) is 3.45. The van der Waals surface area contributed by atoms with E-state index in [4.69, 9.17) is 9.15 Å². The molecule has 90 valence electrons. The highest BCUT2D eigenvalue weighted by molar-refractivity contribution is 5.16. The minimum atomic E-state index is 0.319. The molecule has 0 aliphatic heterocycles. The standard InChI is InChI=1S/C13H21NO2/c1-3-10(2)16-9-11-6-7-15-13(11)8-14-12-4-5-12/h6-7,10,12,14H,3-5,8-9H2,1-2H3. The van der Waals surface area contributed by atoms with Gasteiger partial charge >= 0.3 is 0 Å². The van der Waals surface area contributed by atoms with Crippen molar-refractivity contribution in [2.45, 2.75) is 58.4 Å². The Kier molecular flexibility index (Phi) is 4.02. The molecular weight excluding hydrogens is 202 g/mol. The second-order valence-corrected chi connectivity index (χ2v) is 4.55. The predicted molar refractivity (Wildman–Crippen MR) is 63.1 cm³/mol. The van der Waals surface area contributed by atoms with Gasteiger partial charge in [-0.2, -0.15) is 0 Å². The van der Waals surface area contributed by atoms with Crippen molar-refractivity contribution in [3.05, 3.63) is 23.7 Å². The van der Waals surface area contributed by atoms with Gasteiger partial charge in [0.2, 0.25) is 0 Å². The first-order chi connectivity index (χ1) is 7.79. The largest absolute Gasteiger partial charge is 0.468 e. The summed E-state index contributed by atoms with van der Waals surface area (Å²) < 4.78 is 11.2. The molecule has 0 amide bonds. The molecule has 1 fully saturated rings. The van der Waals surface area contributed by atoms with Crippen molar-refractivity contribution in [3.8, 4) is 0 Å². The average Bonchev–Trinajstić information content (AvgIpc) is 3.02. The number of nitrogens with one attached hydrogen (secondary N) is 1. The zero-order valence-corrected chi connectivity index (χ0v) is 10.2. The monoisotopic (exact) mass is 223 g/mol. The molecule has 16 heavy (non-hydrogen) atoms. The molecule has 1 heterocycles. The molecule has 0 saturated heterocycles. The van der Waals surface area contributed by atoms with E-state index in [1.54, 1.807) is 6.26 Å². The molecule has 3 nitrogen and oxygen atoms in total. The van der Waals surface area contributed by atoms with E-state index in [-0.39, 0.29) is 0 Å². The van der Waals surface area contributed by atoms with Crippen molar-refractivity contribution >= 4 is 0 Å². The molecule has 0 aromatic carbocycles. The van der Waals surface area contributed by atoms with Crippen LogP contribution in [0.4, 0.5) is 0 Å². The van der Waals surface area contributed by atoms with Gasteiger partial charge in [-0.05, 0) is 32.3 Å². The highest BCUT2D eigenvalue weighted by Crippen LogP contribution is 2.20. The van der Waals surface area contributed by atoms with Crippen molar-refractivity contribution < 1.29 is 9.15 Å². The molecule has 1 aromatic rings. The second kappa shape index (κ2) is 5.51. The van der Waals surface area contributed by atoms with Gasteiger partial charge in [-0.25, -0.2) is 0 Å². The molecule has 1 N–H and O–H groups in total. The first-order valence-electron chi connectivity index (χ1n) is 6.19. The molecular formula is C13H21NO2. The summed E-state index contributed by atoms with van der Waals surface area (Å²) in [6.07, 6.45) is 5.73. The van der Waals surface area contributed by atoms with Crippen molar-refractivity contribution in [1.82, 2.24) is 5.32 Å². The smallest absolute Gasteiger partial charge is 0.123 e. The summed E-state index contributed by atoms with van der Waals surface area (Å²) in [7, 11) is 0. The van der Waals surface area contributed by atoms with Gasteiger partial charge in [0.05, 0.1) is 25.5 Å². The maximum atomic E-state index is 5.71. The first-order valence-corrected chi connectivity index (χ1v) is 6.19. The van der Waals surface area contributed by atoms with Crippen molar-refractivity contribution in [2.24, 2.45) is 0 Å². The maximum Gasteiger partial charge on any atom is 0.123 e. The van der Waals surface area contributed by atoms with E-state index in [1.165, 1.54) is 18.4 Å². The van der Waals surface area contributed by atoms with Crippen LogP contribution in [-0.2, 0) is 17.9 Å². The highest BCUT2D eigenvalue weighted by Gasteiger charge is 2.21. The second-order valence-electron chi connectivity index (χ2n) is 4.55. The van der Waals surface area contributed by atoms with Crippen LogP contribution in [0.5, 0.6) is 0 Å². The fraction of sp³-hybridized carbons (Fsp3) is 0.692. The minimum absolute atomic E-state index is 0.319. The number of hydrogen-bond acceptors (Lipinski definition) is 3. The summed E-state index contributed by atoms with van der Waals surface area (Å²) in [4.78, 5) is 0. The number of furan rings is 1. The Morgan fingerprint density at radius 2 is 2.38 bits per heavy atom. The zero-order chi connectivity index (χ0) is 11.4. The van der Waals surface area contributed by atoms with Gasteiger partial charge in [0, 0.05) is 11.6 Å². The van der Waals surface area contributed by atoms with E-state index in [2.05, 4.69) is 19.2 Å². The quantitative estimate of drug-likeness (QED) is 0.772. The van der Waals surface area contributed by atoms with Crippen LogP contribution in [0.25, 0.3) is 0 Å². The van der Waals surface area contributed by atoms with Crippen LogP contribution in [0.1, 0.15) is 44.4 Å². The molecule has 1 aromatic heterocycles. The maximum absolute atomic E-state index is 5.71. The molecule has 0 bridgehead atoms. The molecule has 1 aliphatic rings. The third-order valence-corrected chi connectivity index (χ3v) is 3.06. The predicted octanol–water partition coefficient (Wildman–Crippen LogP) is 2.85. The Hall–Kier alpha value is -0.800. The van der Waals surface area contributed by atoms with Gasteiger partial charge in [0.1, 0.15) is 5.76 Å². The summed E-state index contributed by atoms with van der Waals surface area (Å²) >= 11 is 0. The Morgan fingerprint density at radius 3 is 3.06 bits per heavy atom. The molecule has 0 radical (unpaired) electrons. The average molecular weight is 223 g/mol. The normalized spacial score (nSPS) is 17.6. The molecule has 1 unspecified atom stereocenters. The third-order valence-electron chi connectivity index (χ3n) is 3.06. The Morgan fingerprint density at radius 1 is 1.56 bits per heavy atom. The lowest BCUT2D eigenvalue weighted by atomic mass is 10.2. The zero-order valence-electron chi connectivity index (χ0n) is 10.2. The summed E-state index contributed by atoms with van der Waals surface area (Å²) in [5.41, 5.74) is 1.17. The molecule has 2 rings (SSSR count). The number of ether oxygens (including phenoxy) is 1. The van der Waals surface area contributed by atoms with Crippen molar-refractivity contribution in [1.29, 1.82) is 0 Å². The van der Waals surface area contributed by atoms with Gasteiger partial charge < -0.3 is 14.5 Å². The lowest BCUT2D eigenvalue weighted by molar-refractivity contribution is 0.0499. The van der Waals surface area contributed by atoms with Crippen LogP contribution in [0, 0.1) is 0 Å². The lowest BCUT2D eigenvalue weighted by Crippen LogP contribution is -2.16. The van der Waals surface area contributed by atoms with Crippen LogP contribution in [0.3, 0.4) is 0 Å². The molecule has 3 heteroatoms. The summed E-state index contributed by atoms with van der Waals surface area (Å²) in [5.74, 6) is 1.02. The van der Waals surface area contributed by atoms with Crippen molar-refractivity contribution in [2.75, 3.05) is 0 Å². The van der Waals surface area contributed by atoms with Gasteiger partial charge in [-0.3, -0.25) is 0 Å². The van der Waals surface area contributed by atoms with Gasteiger partial charge in [0.25, 0.3) is 0 Å². The Balaban J connectivity index is 1.80. The van der Waals surface area contributed by atoms with Crippen LogP contribution < -0.4 is 5.32 Å². The molecule has 0 spiro atoms. The summed E-state index contributed by atoms with van der Waals surface area (Å²) in [6.45, 7) is 5.72. The van der Waals surface area contributed by atoms with Gasteiger partial charge in [-0.1, -0.05) is 6.92 Å². The van der Waals surface area contributed by atoms with E-state index >= 15 is 0 Å².